The van der Waals surface area contributed by atoms with Crippen molar-refractivity contribution in [2.75, 3.05) is 6.61 Å². The standard InChI is InChI=1S/C30H38O6/c1-15(2)19-9-7-8-10-20(19)27(34)36-26-16(3)13-29-17(4)11-22-23(28(22,5)6)21(25(29)33)12-18(14-31)24(32)30(26,29)35/h7-10,12-13,15,17,21-24,26,31-32,35H,11,14H2,1-6H3/t17-,21+,22-,23+,24-,26+,29-,30+/m1/s1. The molecule has 3 N–H and O–H groups in total. The normalized spacial score (nSPS) is 40.4. The van der Waals surface area contributed by atoms with Gasteiger partial charge in [-0.25, -0.2) is 4.79 Å². The van der Waals surface area contributed by atoms with E-state index >= 15 is 0 Å². The lowest BCUT2D eigenvalue weighted by Crippen LogP contribution is -2.65. The highest BCUT2D eigenvalue weighted by Gasteiger charge is 2.76. The van der Waals surface area contributed by atoms with E-state index in [4.69, 9.17) is 4.74 Å². The molecule has 5 rings (SSSR count). The number of aliphatic hydroxyl groups excluding tert-OH is 2. The number of carbonyl (C=O) groups is 2. The smallest absolute Gasteiger partial charge is 0.339 e. The van der Waals surface area contributed by atoms with Gasteiger partial charge in [0.2, 0.25) is 0 Å². The van der Waals surface area contributed by atoms with E-state index in [-0.39, 0.29) is 34.5 Å². The predicted octanol–water partition coefficient (Wildman–Crippen LogP) is 3.80. The highest BCUT2D eigenvalue weighted by molar-refractivity contribution is 5.96. The summed E-state index contributed by atoms with van der Waals surface area (Å²) in [6, 6.07) is 7.19. The Morgan fingerprint density at radius 1 is 1.22 bits per heavy atom. The fraction of sp³-hybridized carbons (Fsp3) is 0.600. The number of rotatable bonds is 4. The van der Waals surface area contributed by atoms with E-state index in [1.165, 1.54) is 0 Å². The van der Waals surface area contributed by atoms with Gasteiger partial charge in [0.1, 0.15) is 6.10 Å². The van der Waals surface area contributed by atoms with Gasteiger partial charge in [0, 0.05) is 5.92 Å². The minimum absolute atomic E-state index is 0.0372. The summed E-state index contributed by atoms with van der Waals surface area (Å²) < 4.78 is 6.02. The summed E-state index contributed by atoms with van der Waals surface area (Å²) in [4.78, 5) is 27.9. The van der Waals surface area contributed by atoms with Gasteiger partial charge in [-0.05, 0) is 65.2 Å². The summed E-state index contributed by atoms with van der Waals surface area (Å²) in [5, 5.41) is 34.4. The monoisotopic (exact) mass is 494 g/mol. The van der Waals surface area contributed by atoms with E-state index in [2.05, 4.69) is 13.8 Å². The summed E-state index contributed by atoms with van der Waals surface area (Å²) in [7, 11) is 0. The molecule has 0 aromatic heterocycles. The van der Waals surface area contributed by atoms with Gasteiger partial charge in [-0.3, -0.25) is 4.79 Å². The van der Waals surface area contributed by atoms with Crippen molar-refractivity contribution >= 4 is 11.8 Å². The molecule has 194 valence electrons. The zero-order chi connectivity index (χ0) is 26.4. The summed E-state index contributed by atoms with van der Waals surface area (Å²) in [6.45, 7) is 11.5. The maximum Gasteiger partial charge on any atom is 0.339 e. The van der Waals surface area contributed by atoms with Gasteiger partial charge in [0.15, 0.2) is 17.5 Å². The van der Waals surface area contributed by atoms with E-state index in [1.807, 2.05) is 32.9 Å². The second-order valence-corrected chi connectivity index (χ2v) is 12.4. The molecule has 0 aliphatic heterocycles. The van der Waals surface area contributed by atoms with E-state index in [0.717, 1.165) is 12.0 Å². The number of carbonyl (C=O) groups excluding carboxylic acids is 2. The molecule has 2 fully saturated rings. The number of benzene rings is 1. The molecule has 6 nitrogen and oxygen atoms in total. The van der Waals surface area contributed by atoms with Crippen LogP contribution in [0.5, 0.6) is 0 Å². The Bertz CT molecular complexity index is 1180. The fourth-order valence-corrected chi connectivity index (χ4v) is 7.95. The van der Waals surface area contributed by atoms with Crippen molar-refractivity contribution in [3.63, 3.8) is 0 Å². The van der Waals surface area contributed by atoms with Crippen molar-refractivity contribution in [1.82, 2.24) is 0 Å². The van der Waals surface area contributed by atoms with Gasteiger partial charge in [0.25, 0.3) is 0 Å². The van der Waals surface area contributed by atoms with Crippen LogP contribution < -0.4 is 0 Å². The minimum atomic E-state index is -2.12. The Hall–Kier alpha value is -2.28. The van der Waals surface area contributed by atoms with Crippen LogP contribution in [0.15, 0.2) is 47.6 Å². The van der Waals surface area contributed by atoms with Crippen LogP contribution >= 0.6 is 0 Å². The third kappa shape index (κ3) is 3.07. The first-order chi connectivity index (χ1) is 16.8. The Kier molecular flexibility index (Phi) is 5.71. The van der Waals surface area contributed by atoms with E-state index < -0.39 is 41.7 Å². The van der Waals surface area contributed by atoms with E-state index in [1.54, 1.807) is 31.2 Å². The van der Waals surface area contributed by atoms with Crippen molar-refractivity contribution in [1.29, 1.82) is 0 Å². The van der Waals surface area contributed by atoms with Gasteiger partial charge in [0.05, 0.1) is 17.6 Å². The molecule has 0 saturated heterocycles. The molecule has 4 aliphatic rings. The molecular weight excluding hydrogens is 456 g/mol. The number of hydrogen-bond acceptors (Lipinski definition) is 6. The molecule has 4 aliphatic carbocycles. The molecule has 0 amide bonds. The second kappa shape index (κ2) is 8.11. The average molecular weight is 495 g/mol. The van der Waals surface area contributed by atoms with Crippen molar-refractivity contribution in [3.8, 4) is 0 Å². The summed E-state index contributed by atoms with van der Waals surface area (Å²) in [6.07, 6.45) is 1.37. The van der Waals surface area contributed by atoms with Crippen LogP contribution in [0.4, 0.5) is 0 Å². The molecule has 2 saturated carbocycles. The number of esters is 1. The van der Waals surface area contributed by atoms with Gasteiger partial charge in [-0.1, -0.05) is 65.0 Å². The van der Waals surface area contributed by atoms with Crippen molar-refractivity contribution in [2.45, 2.75) is 71.7 Å². The van der Waals surface area contributed by atoms with Crippen molar-refractivity contribution < 1.29 is 29.6 Å². The molecular formula is C30H38O6. The van der Waals surface area contributed by atoms with Gasteiger partial charge < -0.3 is 20.1 Å². The van der Waals surface area contributed by atoms with Gasteiger partial charge >= 0.3 is 5.97 Å². The molecule has 1 aromatic carbocycles. The van der Waals surface area contributed by atoms with E-state index in [9.17, 15) is 24.9 Å². The largest absolute Gasteiger partial charge is 0.451 e. The number of ketones is 1. The Morgan fingerprint density at radius 2 is 1.89 bits per heavy atom. The molecule has 0 unspecified atom stereocenters. The first kappa shape index (κ1) is 25.4. The second-order valence-electron chi connectivity index (χ2n) is 12.4. The number of allylic oxidation sites excluding steroid dienone is 1. The maximum atomic E-state index is 14.4. The van der Waals surface area contributed by atoms with Crippen molar-refractivity contribution in [3.05, 3.63) is 58.7 Å². The first-order valence-corrected chi connectivity index (χ1v) is 13.1. The Labute approximate surface area is 213 Å². The SMILES string of the molecule is CC1=C[C@@]23C(=O)[C@@H](C=C(CO)[C@@H](O)[C@]2(O)[C@H]1OC(=O)c1ccccc1C(C)C)[C@H]1[C@@H](C[C@H]3C)C1(C)C. The van der Waals surface area contributed by atoms with Crippen LogP contribution in [-0.4, -0.2) is 51.5 Å². The van der Waals surface area contributed by atoms with Crippen molar-refractivity contribution in [2.24, 2.45) is 34.5 Å². The Morgan fingerprint density at radius 3 is 2.53 bits per heavy atom. The minimum Gasteiger partial charge on any atom is -0.451 e. The van der Waals surface area contributed by atoms with Crippen LogP contribution in [0.3, 0.4) is 0 Å². The highest BCUT2D eigenvalue weighted by Crippen LogP contribution is 2.71. The number of aliphatic hydroxyl groups is 3. The third-order valence-corrected chi connectivity index (χ3v) is 9.92. The number of fused-ring (bicyclic) bond motifs is 3. The summed E-state index contributed by atoms with van der Waals surface area (Å²) >= 11 is 0. The average Bonchev–Trinajstić information content (AvgIpc) is 3.32. The zero-order valence-electron chi connectivity index (χ0n) is 22.0. The van der Waals surface area contributed by atoms with E-state index in [0.29, 0.717) is 17.1 Å². The Balaban J connectivity index is 1.63. The molecule has 36 heavy (non-hydrogen) atoms. The van der Waals surface area contributed by atoms with Crippen LogP contribution in [-0.2, 0) is 9.53 Å². The third-order valence-electron chi connectivity index (χ3n) is 9.92. The van der Waals surface area contributed by atoms with Gasteiger partial charge in [-0.2, -0.15) is 0 Å². The zero-order valence-corrected chi connectivity index (χ0v) is 22.0. The molecule has 8 atom stereocenters. The molecule has 2 bridgehead atoms. The molecule has 1 spiro atoms. The maximum absolute atomic E-state index is 14.4. The molecule has 0 radical (unpaired) electrons. The molecule has 6 heteroatoms. The van der Waals surface area contributed by atoms with Crippen LogP contribution in [0.25, 0.3) is 0 Å². The number of hydrogen-bond donors (Lipinski definition) is 3. The van der Waals surface area contributed by atoms with Crippen LogP contribution in [0.2, 0.25) is 0 Å². The fourth-order valence-electron chi connectivity index (χ4n) is 7.95. The summed E-state index contributed by atoms with van der Waals surface area (Å²) in [5.74, 6) is -1.13. The number of ether oxygens (including phenoxy) is 1. The first-order valence-electron chi connectivity index (χ1n) is 13.1. The molecule has 0 heterocycles. The van der Waals surface area contributed by atoms with Crippen LogP contribution in [0.1, 0.15) is 69.8 Å². The quantitative estimate of drug-likeness (QED) is 0.435. The predicted molar refractivity (Wildman–Crippen MR) is 135 cm³/mol. The topological polar surface area (TPSA) is 104 Å². The summed E-state index contributed by atoms with van der Waals surface area (Å²) in [5.41, 5.74) is -1.62. The van der Waals surface area contributed by atoms with Crippen LogP contribution in [0, 0.1) is 34.5 Å². The number of Topliss-reactive ketones (excluding diaryl/α,β-unsaturated/α-hetero) is 1. The highest BCUT2D eigenvalue weighted by atomic mass is 16.6. The lowest BCUT2D eigenvalue weighted by atomic mass is 9.59. The lowest BCUT2D eigenvalue weighted by molar-refractivity contribution is -0.190. The molecule has 1 aromatic rings. The van der Waals surface area contributed by atoms with Gasteiger partial charge in [-0.15, -0.1) is 0 Å². The lowest BCUT2D eigenvalue weighted by Gasteiger charge is -2.48.